The average molecular weight is 351 g/mol. The van der Waals surface area contributed by atoms with Crippen LogP contribution in [-0.2, 0) is 6.42 Å². The Kier molecular flexibility index (Phi) is 4.72. The van der Waals surface area contributed by atoms with Gasteiger partial charge in [-0.1, -0.05) is 0 Å². The molecule has 0 saturated heterocycles. The van der Waals surface area contributed by atoms with Crippen LogP contribution < -0.4 is 11.1 Å². The molecule has 24 heavy (non-hydrogen) atoms. The predicted octanol–water partition coefficient (Wildman–Crippen LogP) is 3.34. The number of nitrogens with one attached hydrogen (secondary N) is 1. The van der Waals surface area contributed by atoms with Gasteiger partial charge in [0.25, 0.3) is 0 Å². The van der Waals surface area contributed by atoms with E-state index < -0.39 is 23.5 Å². The van der Waals surface area contributed by atoms with Gasteiger partial charge in [0, 0.05) is 23.8 Å². The number of halogens is 3. The van der Waals surface area contributed by atoms with Gasteiger partial charge >= 0.3 is 0 Å². The lowest BCUT2D eigenvalue weighted by Crippen LogP contribution is -2.15. The summed E-state index contributed by atoms with van der Waals surface area (Å²) < 4.78 is 39.9. The highest BCUT2D eigenvalue weighted by atomic mass is 32.1. The van der Waals surface area contributed by atoms with Crippen LogP contribution in [0.25, 0.3) is 0 Å². The highest BCUT2D eigenvalue weighted by molar-refractivity contribution is 7.13. The number of anilines is 2. The first-order chi connectivity index (χ1) is 11.5. The van der Waals surface area contributed by atoms with Gasteiger partial charge in [0.2, 0.25) is 5.95 Å². The molecule has 9 heteroatoms. The second kappa shape index (κ2) is 6.93. The lowest BCUT2D eigenvalue weighted by Gasteiger charge is -2.10. The normalized spacial score (nSPS) is 12.2. The van der Waals surface area contributed by atoms with E-state index in [1.807, 2.05) is 0 Å². The Morgan fingerprint density at radius 1 is 1.08 bits per heavy atom. The molecule has 1 atom stereocenters. The number of benzene rings is 1. The number of nitrogens with zero attached hydrogens (tertiary/aromatic N) is 3. The van der Waals surface area contributed by atoms with Crippen LogP contribution in [0, 0.1) is 17.5 Å². The van der Waals surface area contributed by atoms with Crippen LogP contribution >= 0.6 is 11.3 Å². The SMILES string of the molecule is N[C@@H](Cc1cc(F)c(F)cc1F)c1csc(Nc2ncccn2)n1. The number of rotatable bonds is 5. The number of nitrogens with two attached hydrogens (primary N) is 1. The van der Waals surface area contributed by atoms with Crippen LogP contribution in [0.3, 0.4) is 0 Å². The number of aromatic nitrogens is 3. The van der Waals surface area contributed by atoms with E-state index in [1.165, 1.54) is 11.3 Å². The maximum atomic E-state index is 13.7. The molecule has 2 aromatic heterocycles. The summed E-state index contributed by atoms with van der Waals surface area (Å²) >= 11 is 1.28. The molecule has 0 bridgehead atoms. The highest BCUT2D eigenvalue weighted by Crippen LogP contribution is 2.25. The molecule has 3 rings (SSSR count). The molecule has 0 radical (unpaired) electrons. The smallest absolute Gasteiger partial charge is 0.228 e. The summed E-state index contributed by atoms with van der Waals surface area (Å²) in [6, 6.07) is 2.35. The zero-order valence-corrected chi connectivity index (χ0v) is 13.0. The first kappa shape index (κ1) is 16.3. The van der Waals surface area contributed by atoms with Crippen molar-refractivity contribution in [1.29, 1.82) is 0 Å². The maximum Gasteiger partial charge on any atom is 0.228 e. The Bertz CT molecular complexity index is 840. The topological polar surface area (TPSA) is 76.7 Å². The molecule has 2 heterocycles. The zero-order valence-electron chi connectivity index (χ0n) is 12.2. The largest absolute Gasteiger partial charge is 0.322 e. The van der Waals surface area contributed by atoms with Crippen molar-refractivity contribution in [2.75, 3.05) is 5.32 Å². The fourth-order valence-electron chi connectivity index (χ4n) is 2.03. The van der Waals surface area contributed by atoms with Crippen molar-refractivity contribution < 1.29 is 13.2 Å². The predicted molar refractivity (Wildman–Crippen MR) is 84.4 cm³/mol. The van der Waals surface area contributed by atoms with Crippen molar-refractivity contribution in [3.63, 3.8) is 0 Å². The Morgan fingerprint density at radius 3 is 2.54 bits per heavy atom. The van der Waals surface area contributed by atoms with Crippen molar-refractivity contribution in [3.05, 3.63) is 64.7 Å². The quantitative estimate of drug-likeness (QED) is 0.690. The number of thiazole rings is 1. The van der Waals surface area contributed by atoms with Gasteiger partial charge in [0.1, 0.15) is 5.82 Å². The molecule has 0 fully saturated rings. The van der Waals surface area contributed by atoms with Crippen LogP contribution in [0.1, 0.15) is 17.3 Å². The minimum absolute atomic E-state index is 0.00435. The van der Waals surface area contributed by atoms with Crippen LogP contribution in [0.4, 0.5) is 24.3 Å². The Balaban J connectivity index is 1.72. The van der Waals surface area contributed by atoms with Crippen molar-refractivity contribution in [3.8, 4) is 0 Å². The summed E-state index contributed by atoms with van der Waals surface area (Å²) in [5.41, 5.74) is 6.49. The van der Waals surface area contributed by atoms with Crippen molar-refractivity contribution in [1.82, 2.24) is 15.0 Å². The van der Waals surface area contributed by atoms with Gasteiger partial charge in [-0.15, -0.1) is 11.3 Å². The fraction of sp³-hybridized carbons (Fsp3) is 0.133. The minimum Gasteiger partial charge on any atom is -0.322 e. The first-order valence-electron chi connectivity index (χ1n) is 6.91. The van der Waals surface area contributed by atoms with E-state index in [1.54, 1.807) is 23.8 Å². The van der Waals surface area contributed by atoms with Gasteiger partial charge in [0.15, 0.2) is 16.8 Å². The van der Waals surface area contributed by atoms with Gasteiger partial charge in [-0.3, -0.25) is 0 Å². The number of hydrogen-bond acceptors (Lipinski definition) is 6. The van der Waals surface area contributed by atoms with Gasteiger partial charge < -0.3 is 11.1 Å². The van der Waals surface area contributed by atoms with Crippen molar-refractivity contribution >= 4 is 22.4 Å². The summed E-state index contributed by atoms with van der Waals surface area (Å²) in [7, 11) is 0. The van der Waals surface area contributed by atoms with E-state index >= 15 is 0 Å². The third-order valence-corrected chi connectivity index (χ3v) is 3.99. The van der Waals surface area contributed by atoms with Crippen molar-refractivity contribution in [2.45, 2.75) is 12.5 Å². The van der Waals surface area contributed by atoms with Gasteiger partial charge in [0.05, 0.1) is 11.7 Å². The molecule has 0 aliphatic heterocycles. The first-order valence-corrected chi connectivity index (χ1v) is 7.79. The molecule has 0 saturated carbocycles. The van der Waals surface area contributed by atoms with E-state index in [9.17, 15) is 13.2 Å². The summed E-state index contributed by atoms with van der Waals surface area (Å²) in [4.78, 5) is 12.3. The van der Waals surface area contributed by atoms with E-state index in [4.69, 9.17) is 5.73 Å². The fourth-order valence-corrected chi connectivity index (χ4v) is 2.80. The lowest BCUT2D eigenvalue weighted by atomic mass is 10.0. The molecule has 1 aromatic carbocycles. The molecular weight excluding hydrogens is 339 g/mol. The molecule has 3 aromatic rings. The summed E-state index contributed by atoms with van der Waals surface area (Å²) in [5, 5.41) is 5.14. The van der Waals surface area contributed by atoms with Gasteiger partial charge in [-0.2, -0.15) is 0 Å². The van der Waals surface area contributed by atoms with Crippen LogP contribution in [0.15, 0.2) is 36.0 Å². The third kappa shape index (κ3) is 3.69. The second-order valence-electron chi connectivity index (χ2n) is 4.94. The summed E-state index contributed by atoms with van der Waals surface area (Å²) in [6.07, 6.45) is 3.16. The molecule has 0 aliphatic rings. The van der Waals surface area contributed by atoms with E-state index in [-0.39, 0.29) is 12.0 Å². The molecule has 124 valence electrons. The van der Waals surface area contributed by atoms with Crippen LogP contribution in [0.5, 0.6) is 0 Å². The third-order valence-electron chi connectivity index (χ3n) is 3.22. The molecule has 5 nitrogen and oxygen atoms in total. The van der Waals surface area contributed by atoms with Crippen molar-refractivity contribution in [2.24, 2.45) is 5.73 Å². The van der Waals surface area contributed by atoms with E-state index in [0.29, 0.717) is 22.8 Å². The Morgan fingerprint density at radius 2 is 1.79 bits per heavy atom. The lowest BCUT2D eigenvalue weighted by molar-refractivity contribution is 0.487. The maximum absolute atomic E-state index is 13.7. The standard InChI is InChI=1S/C15H12F3N5S/c16-9-6-11(18)10(17)4-8(9)5-12(19)13-7-24-15(22-13)23-14-20-2-1-3-21-14/h1-4,6-7,12H,5,19H2,(H,20,21,22,23)/t12-/m0/s1. The molecular formula is C15H12F3N5S. The van der Waals surface area contributed by atoms with Crippen LogP contribution in [0.2, 0.25) is 0 Å². The zero-order chi connectivity index (χ0) is 17.1. The average Bonchev–Trinajstić information content (AvgIpc) is 3.02. The second-order valence-corrected chi connectivity index (χ2v) is 5.80. The van der Waals surface area contributed by atoms with Gasteiger partial charge in [-0.05, 0) is 24.1 Å². The minimum atomic E-state index is -1.23. The highest BCUT2D eigenvalue weighted by Gasteiger charge is 2.16. The monoisotopic (exact) mass is 351 g/mol. The van der Waals surface area contributed by atoms with Crippen LogP contribution in [-0.4, -0.2) is 15.0 Å². The summed E-state index contributed by atoms with van der Waals surface area (Å²) in [5.74, 6) is -2.79. The molecule has 0 unspecified atom stereocenters. The van der Waals surface area contributed by atoms with E-state index in [2.05, 4.69) is 20.3 Å². The Labute approximate surface area is 139 Å². The number of hydrogen-bond donors (Lipinski definition) is 2. The Hall–Kier alpha value is -2.52. The molecule has 0 amide bonds. The molecule has 0 spiro atoms. The van der Waals surface area contributed by atoms with Gasteiger partial charge in [-0.25, -0.2) is 28.1 Å². The summed E-state index contributed by atoms with van der Waals surface area (Å²) in [6.45, 7) is 0. The molecule has 3 N–H and O–H groups in total. The molecule has 0 aliphatic carbocycles. The van der Waals surface area contributed by atoms with E-state index in [0.717, 1.165) is 6.07 Å².